The molecule has 0 bridgehead atoms. The first kappa shape index (κ1) is 17.3. The van der Waals surface area contributed by atoms with Crippen LogP contribution in [0.1, 0.15) is 37.7 Å². The van der Waals surface area contributed by atoms with Gasteiger partial charge in [0.05, 0.1) is 0 Å². The maximum absolute atomic E-state index is 12.0. The van der Waals surface area contributed by atoms with Crippen LogP contribution in [0.2, 0.25) is 0 Å². The summed E-state index contributed by atoms with van der Waals surface area (Å²) in [6, 6.07) is 11.0. The molecule has 2 fully saturated rings. The summed E-state index contributed by atoms with van der Waals surface area (Å²) in [5, 5.41) is 6.58. The first-order valence-electron chi connectivity index (χ1n) is 8.35. The van der Waals surface area contributed by atoms with Crippen LogP contribution in [0.3, 0.4) is 0 Å². The minimum atomic E-state index is 0. The van der Waals surface area contributed by atoms with Gasteiger partial charge in [0, 0.05) is 12.5 Å². The topological polar surface area (TPSA) is 41.1 Å². The number of piperidine rings is 1. The zero-order valence-electron chi connectivity index (χ0n) is 13.1. The van der Waals surface area contributed by atoms with E-state index >= 15 is 0 Å². The number of hydrogen-bond acceptors (Lipinski definition) is 2. The molecule has 1 aliphatic heterocycles. The van der Waals surface area contributed by atoms with Crippen LogP contribution in [0.15, 0.2) is 30.3 Å². The van der Waals surface area contributed by atoms with E-state index in [1.54, 1.807) is 0 Å². The lowest BCUT2D eigenvalue weighted by Crippen LogP contribution is -2.30. The third kappa shape index (κ3) is 5.29. The van der Waals surface area contributed by atoms with Crippen molar-refractivity contribution in [3.05, 3.63) is 35.9 Å². The molecule has 2 N–H and O–H groups in total. The van der Waals surface area contributed by atoms with Gasteiger partial charge < -0.3 is 10.6 Å². The number of carbonyl (C=O) groups is 1. The number of amides is 1. The summed E-state index contributed by atoms with van der Waals surface area (Å²) in [4.78, 5) is 12.0. The molecule has 1 heterocycles. The Balaban J connectivity index is 0.00000176. The molecule has 2 unspecified atom stereocenters. The third-order valence-corrected chi connectivity index (χ3v) is 4.85. The van der Waals surface area contributed by atoms with Crippen molar-refractivity contribution in [3.63, 3.8) is 0 Å². The maximum Gasteiger partial charge on any atom is 0.220 e. The first-order valence-corrected chi connectivity index (χ1v) is 8.35. The molecule has 2 atom stereocenters. The fourth-order valence-electron chi connectivity index (χ4n) is 3.35. The molecule has 1 aromatic rings. The van der Waals surface area contributed by atoms with Gasteiger partial charge in [0.25, 0.3) is 0 Å². The Morgan fingerprint density at radius 1 is 1.18 bits per heavy atom. The van der Waals surface area contributed by atoms with Crippen LogP contribution in [-0.4, -0.2) is 25.0 Å². The Labute approximate surface area is 139 Å². The Hall–Kier alpha value is -1.06. The van der Waals surface area contributed by atoms with Crippen molar-refractivity contribution in [2.45, 2.75) is 44.6 Å². The molecule has 0 spiro atoms. The van der Waals surface area contributed by atoms with Gasteiger partial charge >= 0.3 is 0 Å². The van der Waals surface area contributed by atoms with Crippen LogP contribution >= 0.6 is 12.4 Å². The van der Waals surface area contributed by atoms with Crippen LogP contribution in [0.5, 0.6) is 0 Å². The van der Waals surface area contributed by atoms with Gasteiger partial charge in [-0.1, -0.05) is 30.3 Å². The molecule has 0 aromatic heterocycles. The van der Waals surface area contributed by atoms with Gasteiger partial charge in [-0.3, -0.25) is 4.79 Å². The molecule has 1 saturated carbocycles. The van der Waals surface area contributed by atoms with E-state index in [2.05, 4.69) is 41.0 Å². The lowest BCUT2D eigenvalue weighted by Gasteiger charge is -2.22. The minimum absolute atomic E-state index is 0. The van der Waals surface area contributed by atoms with E-state index in [4.69, 9.17) is 0 Å². The number of hydrogen-bond donors (Lipinski definition) is 2. The average Bonchev–Trinajstić information content (AvgIpc) is 3.24. The largest absolute Gasteiger partial charge is 0.353 e. The standard InChI is InChI=1S/C18H26N2O.ClH/c21-18(7-6-14-8-10-19-11-9-14)20-17-13-16(17)12-15-4-2-1-3-5-15;/h1-5,14,16-17,19H,6-13H2,(H,20,21);1H. The van der Waals surface area contributed by atoms with Gasteiger partial charge in [-0.05, 0) is 62.6 Å². The number of rotatable bonds is 6. The summed E-state index contributed by atoms with van der Waals surface area (Å²) in [7, 11) is 0. The number of nitrogens with one attached hydrogen (secondary N) is 2. The summed E-state index contributed by atoms with van der Waals surface area (Å²) >= 11 is 0. The Bertz CT molecular complexity index is 459. The first-order chi connectivity index (χ1) is 10.3. The van der Waals surface area contributed by atoms with Gasteiger partial charge in [-0.2, -0.15) is 0 Å². The number of halogens is 1. The molecule has 1 saturated heterocycles. The lowest BCUT2D eigenvalue weighted by molar-refractivity contribution is -0.121. The Morgan fingerprint density at radius 2 is 1.91 bits per heavy atom. The van der Waals surface area contributed by atoms with Gasteiger partial charge in [0.2, 0.25) is 5.91 Å². The predicted octanol–water partition coefficient (Wildman–Crippen LogP) is 2.94. The van der Waals surface area contributed by atoms with Crippen LogP contribution < -0.4 is 10.6 Å². The summed E-state index contributed by atoms with van der Waals surface area (Å²) in [5.74, 6) is 1.65. The molecule has 2 aliphatic rings. The highest BCUT2D eigenvalue weighted by molar-refractivity contribution is 5.85. The van der Waals surface area contributed by atoms with E-state index in [0.29, 0.717) is 18.4 Å². The Kier molecular flexibility index (Phi) is 6.71. The molecule has 0 radical (unpaired) electrons. The number of benzene rings is 1. The van der Waals surface area contributed by atoms with Crippen LogP contribution in [-0.2, 0) is 11.2 Å². The molecular formula is C18H27ClN2O. The van der Waals surface area contributed by atoms with Crippen molar-refractivity contribution in [2.24, 2.45) is 11.8 Å². The van der Waals surface area contributed by atoms with E-state index < -0.39 is 0 Å². The highest BCUT2D eigenvalue weighted by atomic mass is 35.5. The summed E-state index contributed by atoms with van der Waals surface area (Å²) < 4.78 is 0. The van der Waals surface area contributed by atoms with Crippen molar-refractivity contribution in [1.82, 2.24) is 10.6 Å². The monoisotopic (exact) mass is 322 g/mol. The highest BCUT2D eigenvalue weighted by Gasteiger charge is 2.37. The van der Waals surface area contributed by atoms with Crippen molar-refractivity contribution in [2.75, 3.05) is 13.1 Å². The predicted molar refractivity (Wildman–Crippen MR) is 92.3 cm³/mol. The molecule has 3 nitrogen and oxygen atoms in total. The second-order valence-electron chi connectivity index (χ2n) is 6.59. The van der Waals surface area contributed by atoms with Crippen LogP contribution in [0, 0.1) is 11.8 Å². The van der Waals surface area contributed by atoms with Crippen molar-refractivity contribution in [3.8, 4) is 0 Å². The smallest absolute Gasteiger partial charge is 0.220 e. The summed E-state index contributed by atoms with van der Waals surface area (Å²) in [6.45, 7) is 2.24. The zero-order valence-corrected chi connectivity index (χ0v) is 13.9. The number of carbonyl (C=O) groups excluding carboxylic acids is 1. The average molecular weight is 323 g/mol. The van der Waals surface area contributed by atoms with E-state index in [1.807, 2.05) is 0 Å². The Morgan fingerprint density at radius 3 is 2.64 bits per heavy atom. The van der Waals surface area contributed by atoms with Gasteiger partial charge in [-0.15, -0.1) is 12.4 Å². The van der Waals surface area contributed by atoms with Crippen molar-refractivity contribution >= 4 is 18.3 Å². The summed E-state index contributed by atoms with van der Waals surface area (Å²) in [6.07, 6.45) is 6.47. The lowest BCUT2D eigenvalue weighted by atomic mass is 9.93. The molecule has 1 aromatic carbocycles. The molecule has 3 rings (SSSR count). The highest BCUT2D eigenvalue weighted by Crippen LogP contribution is 2.33. The van der Waals surface area contributed by atoms with Gasteiger partial charge in [0.1, 0.15) is 0 Å². The molecule has 4 heteroatoms. The van der Waals surface area contributed by atoms with Crippen molar-refractivity contribution in [1.29, 1.82) is 0 Å². The van der Waals surface area contributed by atoms with Gasteiger partial charge in [-0.25, -0.2) is 0 Å². The molecule has 22 heavy (non-hydrogen) atoms. The fraction of sp³-hybridized carbons (Fsp3) is 0.611. The SMILES string of the molecule is Cl.O=C(CCC1CCNCC1)NC1CC1Cc1ccccc1. The van der Waals surface area contributed by atoms with E-state index in [9.17, 15) is 4.79 Å². The summed E-state index contributed by atoms with van der Waals surface area (Å²) in [5.41, 5.74) is 1.38. The zero-order chi connectivity index (χ0) is 14.5. The second kappa shape index (κ2) is 8.54. The third-order valence-electron chi connectivity index (χ3n) is 4.85. The van der Waals surface area contributed by atoms with E-state index in [1.165, 1.54) is 18.4 Å². The van der Waals surface area contributed by atoms with Crippen molar-refractivity contribution < 1.29 is 4.79 Å². The molecule has 1 amide bonds. The van der Waals surface area contributed by atoms with E-state index in [0.717, 1.165) is 38.3 Å². The minimum Gasteiger partial charge on any atom is -0.353 e. The molecular weight excluding hydrogens is 296 g/mol. The molecule has 1 aliphatic carbocycles. The van der Waals surface area contributed by atoms with E-state index in [-0.39, 0.29) is 18.3 Å². The fourth-order valence-corrected chi connectivity index (χ4v) is 3.35. The quantitative estimate of drug-likeness (QED) is 0.845. The van der Waals surface area contributed by atoms with Crippen LogP contribution in [0.25, 0.3) is 0 Å². The normalized spacial score (nSPS) is 24.4. The molecule has 122 valence electrons. The van der Waals surface area contributed by atoms with Crippen LogP contribution in [0.4, 0.5) is 0 Å². The maximum atomic E-state index is 12.0. The second-order valence-corrected chi connectivity index (χ2v) is 6.59. The van der Waals surface area contributed by atoms with Gasteiger partial charge in [0.15, 0.2) is 0 Å².